The Morgan fingerprint density at radius 3 is 2.69 bits per heavy atom. The molecule has 5 aromatic rings. The van der Waals surface area contributed by atoms with Crippen LogP contribution in [0.15, 0.2) is 84.6 Å². The Balaban J connectivity index is 1.59. The van der Waals surface area contributed by atoms with Crippen molar-refractivity contribution < 1.29 is 18.3 Å². The standard InChI is InChI=1S/C29H26F2N8O3/c1-4-26(40)34-20-6-5-7-22(14-20)39-27-18(12-25(28(39)41)42-24-9-8-19(30)13-23(24)31)15-32-29(36-27)35-21-16-33-38(17-21)11-10-37(2)3/h4-9,12-17H,1,10-11H2,2-3H3,(H,34,40)(H,32,35,36). The van der Waals surface area contributed by atoms with Gasteiger partial charge in [-0.05, 0) is 56.6 Å². The number of rotatable bonds is 10. The van der Waals surface area contributed by atoms with E-state index in [1.165, 1.54) is 16.8 Å². The molecular weight excluding hydrogens is 546 g/mol. The highest BCUT2D eigenvalue weighted by molar-refractivity contribution is 5.99. The third kappa shape index (κ3) is 6.31. The summed E-state index contributed by atoms with van der Waals surface area (Å²) < 4.78 is 36.5. The second-order valence-electron chi connectivity index (χ2n) is 9.46. The van der Waals surface area contributed by atoms with Crippen molar-refractivity contribution >= 4 is 34.3 Å². The van der Waals surface area contributed by atoms with E-state index in [4.69, 9.17) is 4.74 Å². The molecule has 0 atom stereocenters. The first-order valence-corrected chi connectivity index (χ1v) is 12.7. The molecular formula is C29H26F2N8O3. The van der Waals surface area contributed by atoms with Crippen molar-refractivity contribution in [3.05, 3.63) is 102 Å². The maximum Gasteiger partial charge on any atom is 0.299 e. The van der Waals surface area contributed by atoms with Crippen LogP contribution in [-0.4, -0.2) is 55.8 Å². The van der Waals surface area contributed by atoms with Gasteiger partial charge < -0.3 is 20.3 Å². The van der Waals surface area contributed by atoms with Crippen LogP contribution in [0.1, 0.15) is 0 Å². The van der Waals surface area contributed by atoms with Crippen LogP contribution in [-0.2, 0) is 11.3 Å². The molecule has 0 radical (unpaired) electrons. The van der Waals surface area contributed by atoms with E-state index in [2.05, 4.69) is 32.3 Å². The largest absolute Gasteiger partial charge is 0.448 e. The topological polar surface area (TPSA) is 119 Å². The highest BCUT2D eigenvalue weighted by atomic mass is 19.1. The van der Waals surface area contributed by atoms with Crippen LogP contribution in [0.25, 0.3) is 16.7 Å². The summed E-state index contributed by atoms with van der Waals surface area (Å²) in [4.78, 5) is 36.7. The number of carbonyl (C=O) groups is 1. The lowest BCUT2D eigenvalue weighted by atomic mass is 10.2. The highest BCUT2D eigenvalue weighted by Crippen LogP contribution is 2.27. The summed E-state index contributed by atoms with van der Waals surface area (Å²) >= 11 is 0. The van der Waals surface area contributed by atoms with Crippen molar-refractivity contribution in [2.75, 3.05) is 31.3 Å². The quantitative estimate of drug-likeness (QED) is 0.235. The molecule has 0 aliphatic heterocycles. The first-order chi connectivity index (χ1) is 20.2. The smallest absolute Gasteiger partial charge is 0.299 e. The number of amides is 1. The minimum atomic E-state index is -0.975. The molecule has 0 unspecified atom stereocenters. The van der Waals surface area contributed by atoms with Gasteiger partial charge in [0.05, 0.1) is 24.1 Å². The summed E-state index contributed by atoms with van der Waals surface area (Å²) in [6, 6.07) is 10.6. The van der Waals surface area contributed by atoms with Crippen LogP contribution in [0.2, 0.25) is 0 Å². The van der Waals surface area contributed by atoms with Gasteiger partial charge in [0.2, 0.25) is 11.9 Å². The number of anilines is 3. The molecule has 2 aromatic carbocycles. The molecule has 1 amide bonds. The van der Waals surface area contributed by atoms with Crippen LogP contribution in [0.4, 0.5) is 26.1 Å². The molecule has 2 N–H and O–H groups in total. The van der Waals surface area contributed by atoms with Gasteiger partial charge in [-0.15, -0.1) is 0 Å². The molecule has 0 aliphatic rings. The molecule has 3 aromatic heterocycles. The van der Waals surface area contributed by atoms with Crippen molar-refractivity contribution in [2.45, 2.75) is 6.54 Å². The Morgan fingerprint density at radius 2 is 1.93 bits per heavy atom. The van der Waals surface area contributed by atoms with Gasteiger partial charge in [0.1, 0.15) is 5.82 Å². The lowest BCUT2D eigenvalue weighted by Crippen LogP contribution is -2.21. The summed E-state index contributed by atoms with van der Waals surface area (Å²) in [6.45, 7) is 4.94. The van der Waals surface area contributed by atoms with Crippen LogP contribution in [0, 0.1) is 11.6 Å². The van der Waals surface area contributed by atoms with E-state index in [0.717, 1.165) is 24.8 Å². The number of hydrogen-bond acceptors (Lipinski definition) is 8. The van der Waals surface area contributed by atoms with Crippen LogP contribution in [0.3, 0.4) is 0 Å². The van der Waals surface area contributed by atoms with Crippen molar-refractivity contribution in [1.82, 2.24) is 29.2 Å². The van der Waals surface area contributed by atoms with Crippen molar-refractivity contribution in [1.29, 1.82) is 0 Å². The van der Waals surface area contributed by atoms with Crippen molar-refractivity contribution in [3.8, 4) is 17.2 Å². The van der Waals surface area contributed by atoms with Gasteiger partial charge in [0.25, 0.3) is 5.56 Å². The number of likely N-dealkylation sites (N-methyl/N-ethyl adjacent to an activating group) is 1. The first kappa shape index (κ1) is 28.1. The lowest BCUT2D eigenvalue weighted by molar-refractivity contribution is -0.111. The Bertz CT molecular complexity index is 1850. The monoisotopic (exact) mass is 572 g/mol. The third-order valence-electron chi connectivity index (χ3n) is 6.05. The minimum absolute atomic E-state index is 0.192. The molecule has 13 heteroatoms. The second kappa shape index (κ2) is 12.0. The average molecular weight is 573 g/mol. The molecule has 42 heavy (non-hydrogen) atoms. The number of hydrogen-bond donors (Lipinski definition) is 2. The molecule has 0 saturated carbocycles. The van der Waals surface area contributed by atoms with Gasteiger partial charge in [0, 0.05) is 36.1 Å². The van der Waals surface area contributed by atoms with Gasteiger partial charge in [-0.3, -0.25) is 18.8 Å². The summed E-state index contributed by atoms with van der Waals surface area (Å²) in [5, 5.41) is 10.5. The van der Waals surface area contributed by atoms with E-state index in [1.807, 2.05) is 25.2 Å². The van der Waals surface area contributed by atoms with E-state index in [-0.39, 0.29) is 23.1 Å². The predicted molar refractivity (Wildman–Crippen MR) is 154 cm³/mol. The number of aromatic nitrogens is 5. The maximum atomic E-state index is 14.4. The van der Waals surface area contributed by atoms with Crippen molar-refractivity contribution in [3.63, 3.8) is 0 Å². The molecule has 0 saturated heterocycles. The Kier molecular flexibility index (Phi) is 8.02. The van der Waals surface area contributed by atoms with Gasteiger partial charge in [0.15, 0.2) is 23.0 Å². The highest BCUT2D eigenvalue weighted by Gasteiger charge is 2.18. The maximum absolute atomic E-state index is 14.4. The van der Waals surface area contributed by atoms with E-state index in [0.29, 0.717) is 35.1 Å². The number of ether oxygens (including phenoxy) is 1. The molecule has 0 bridgehead atoms. The predicted octanol–water partition coefficient (Wildman–Crippen LogP) is 4.48. The molecule has 5 rings (SSSR count). The van der Waals surface area contributed by atoms with Crippen LogP contribution >= 0.6 is 0 Å². The number of nitrogens with one attached hydrogen (secondary N) is 2. The Labute approximate surface area is 238 Å². The third-order valence-corrected chi connectivity index (χ3v) is 6.05. The second-order valence-corrected chi connectivity index (χ2v) is 9.46. The molecule has 214 valence electrons. The number of nitrogens with zero attached hydrogens (tertiary/aromatic N) is 6. The van der Waals surface area contributed by atoms with E-state index >= 15 is 0 Å². The number of carbonyl (C=O) groups excluding carboxylic acids is 1. The minimum Gasteiger partial charge on any atom is -0.448 e. The summed E-state index contributed by atoms with van der Waals surface area (Å²) in [5.41, 5.74) is 0.892. The van der Waals surface area contributed by atoms with Gasteiger partial charge in [-0.25, -0.2) is 13.8 Å². The number of pyridine rings is 1. The molecule has 3 heterocycles. The van der Waals surface area contributed by atoms with E-state index in [1.54, 1.807) is 35.1 Å². The van der Waals surface area contributed by atoms with Gasteiger partial charge in [-0.1, -0.05) is 12.6 Å². The number of fused-ring (bicyclic) bond motifs is 1. The van der Waals surface area contributed by atoms with Gasteiger partial charge in [-0.2, -0.15) is 10.1 Å². The molecule has 0 aliphatic carbocycles. The van der Waals surface area contributed by atoms with Crippen LogP contribution in [0.5, 0.6) is 11.5 Å². The number of halogens is 2. The fourth-order valence-electron chi connectivity index (χ4n) is 4.02. The summed E-state index contributed by atoms with van der Waals surface area (Å²) in [6.07, 6.45) is 6.04. The zero-order valence-corrected chi connectivity index (χ0v) is 22.7. The fourth-order valence-corrected chi connectivity index (χ4v) is 4.02. The fraction of sp³-hybridized carbons (Fsp3) is 0.138. The SMILES string of the molecule is C=CC(=O)Nc1cccc(-n2c(=O)c(Oc3ccc(F)cc3F)cc3cnc(Nc4cnn(CCN(C)C)c4)nc32)c1. The average Bonchev–Trinajstić information content (AvgIpc) is 3.41. The normalized spacial score (nSPS) is 11.1. The van der Waals surface area contributed by atoms with Crippen molar-refractivity contribution in [2.24, 2.45) is 0 Å². The lowest BCUT2D eigenvalue weighted by Gasteiger charge is -2.15. The summed E-state index contributed by atoms with van der Waals surface area (Å²) in [7, 11) is 3.95. The molecule has 0 fully saturated rings. The first-order valence-electron chi connectivity index (χ1n) is 12.7. The Morgan fingerprint density at radius 1 is 1.10 bits per heavy atom. The molecule has 11 nitrogen and oxygen atoms in total. The van der Waals surface area contributed by atoms with Gasteiger partial charge >= 0.3 is 0 Å². The zero-order chi connectivity index (χ0) is 29.8. The number of benzene rings is 2. The Hall–Kier alpha value is -5.43. The van der Waals surface area contributed by atoms with E-state index in [9.17, 15) is 18.4 Å². The summed E-state index contributed by atoms with van der Waals surface area (Å²) in [5.74, 6) is -2.59. The zero-order valence-electron chi connectivity index (χ0n) is 22.7. The van der Waals surface area contributed by atoms with E-state index < -0.39 is 23.1 Å². The molecule has 0 spiro atoms. The van der Waals surface area contributed by atoms with Crippen LogP contribution < -0.4 is 20.9 Å².